The molecule has 5 nitrogen and oxygen atoms in total. The molecule has 0 aliphatic carbocycles. The van der Waals surface area contributed by atoms with Gasteiger partial charge in [-0.25, -0.2) is 5.01 Å². The van der Waals surface area contributed by atoms with Crippen molar-refractivity contribution in [1.29, 1.82) is 0 Å². The number of nitrogens with two attached hydrogens (primary N) is 1. The van der Waals surface area contributed by atoms with E-state index in [9.17, 15) is 9.90 Å². The lowest BCUT2D eigenvalue weighted by Gasteiger charge is -2.33. The fourth-order valence-electron chi connectivity index (χ4n) is 2.48. The molecule has 0 radical (unpaired) electrons. The molecule has 3 N–H and O–H groups in total. The second kappa shape index (κ2) is 9.65. The second-order valence-corrected chi connectivity index (χ2v) is 6.96. The molecular formula is C18H30N2O3. The SMILES string of the molecule is CC(C)(C)OC=O.NN1CC[C@@H](CCc2ccccc2)[C@H](O)C1. The number of hydrogen-bond acceptors (Lipinski definition) is 5. The number of ether oxygens (including phenoxy) is 1. The standard InChI is InChI=1S/C13H20N2O.C5H10O2/c14-15-9-8-12(13(16)10-15)7-6-11-4-2-1-3-5-11;1-5(2,3)7-4-6/h1-5,12-13,16H,6-10,14H2;4H,1-3H3/t12-,13-;/m1./s1. The van der Waals surface area contributed by atoms with E-state index in [1.54, 1.807) is 5.01 Å². The number of hydrogen-bond donors (Lipinski definition) is 2. The summed E-state index contributed by atoms with van der Waals surface area (Å²) >= 11 is 0. The normalized spacial score (nSPS) is 22.0. The highest BCUT2D eigenvalue weighted by Crippen LogP contribution is 2.21. The Bertz CT molecular complexity index is 445. The summed E-state index contributed by atoms with van der Waals surface area (Å²) in [5.41, 5.74) is 1.03. The molecule has 1 aromatic rings. The zero-order valence-corrected chi connectivity index (χ0v) is 14.4. The van der Waals surface area contributed by atoms with Crippen molar-refractivity contribution in [2.24, 2.45) is 11.8 Å². The Kier molecular flexibility index (Phi) is 8.23. The Balaban J connectivity index is 0.000000322. The first-order valence-corrected chi connectivity index (χ1v) is 8.15. The molecule has 1 aromatic carbocycles. The number of carbonyl (C=O) groups is 1. The molecule has 5 heteroatoms. The summed E-state index contributed by atoms with van der Waals surface area (Å²) in [4.78, 5) is 9.60. The van der Waals surface area contributed by atoms with Gasteiger partial charge in [-0.05, 0) is 51.5 Å². The van der Waals surface area contributed by atoms with Crippen molar-refractivity contribution in [3.8, 4) is 0 Å². The van der Waals surface area contributed by atoms with Crippen molar-refractivity contribution in [3.63, 3.8) is 0 Å². The summed E-state index contributed by atoms with van der Waals surface area (Å²) in [7, 11) is 0. The monoisotopic (exact) mass is 322 g/mol. The van der Waals surface area contributed by atoms with Crippen LogP contribution in [-0.2, 0) is 16.0 Å². The van der Waals surface area contributed by atoms with E-state index in [4.69, 9.17) is 5.84 Å². The topological polar surface area (TPSA) is 75.8 Å². The molecule has 0 saturated carbocycles. The number of nitrogens with zero attached hydrogens (tertiary/aromatic N) is 1. The van der Waals surface area contributed by atoms with Crippen LogP contribution in [0.15, 0.2) is 30.3 Å². The third-order valence-corrected chi connectivity index (χ3v) is 3.80. The Morgan fingerprint density at radius 1 is 1.35 bits per heavy atom. The third kappa shape index (κ3) is 8.69. The number of aliphatic hydroxyl groups is 1. The van der Waals surface area contributed by atoms with Crippen LogP contribution in [0.5, 0.6) is 0 Å². The van der Waals surface area contributed by atoms with Crippen molar-refractivity contribution < 1.29 is 14.6 Å². The van der Waals surface area contributed by atoms with Crippen LogP contribution in [0.3, 0.4) is 0 Å². The van der Waals surface area contributed by atoms with Crippen LogP contribution in [0.4, 0.5) is 0 Å². The van der Waals surface area contributed by atoms with Gasteiger partial charge in [0.2, 0.25) is 0 Å². The van der Waals surface area contributed by atoms with Gasteiger partial charge in [-0.15, -0.1) is 0 Å². The average molecular weight is 322 g/mol. The summed E-state index contributed by atoms with van der Waals surface area (Å²) in [5.74, 6) is 6.07. The summed E-state index contributed by atoms with van der Waals surface area (Å²) < 4.78 is 4.55. The number of hydrazine groups is 1. The Morgan fingerprint density at radius 2 is 2.00 bits per heavy atom. The Labute approximate surface area is 139 Å². The van der Waals surface area contributed by atoms with E-state index in [-0.39, 0.29) is 11.7 Å². The van der Waals surface area contributed by atoms with Gasteiger partial charge in [0.15, 0.2) is 0 Å². The van der Waals surface area contributed by atoms with Gasteiger partial charge in [0.25, 0.3) is 6.47 Å². The largest absolute Gasteiger partial charge is 0.462 e. The first-order chi connectivity index (χ1) is 10.8. The predicted octanol–water partition coefficient (Wildman–Crippen LogP) is 2.13. The van der Waals surface area contributed by atoms with Crippen LogP contribution in [0.1, 0.15) is 39.2 Å². The van der Waals surface area contributed by atoms with E-state index in [2.05, 4.69) is 29.0 Å². The van der Waals surface area contributed by atoms with Crippen molar-refractivity contribution >= 4 is 6.47 Å². The van der Waals surface area contributed by atoms with Gasteiger partial charge >= 0.3 is 0 Å². The Morgan fingerprint density at radius 3 is 2.48 bits per heavy atom. The molecule has 1 aliphatic rings. The van der Waals surface area contributed by atoms with Crippen molar-refractivity contribution in [2.75, 3.05) is 13.1 Å². The van der Waals surface area contributed by atoms with Crippen LogP contribution in [0.25, 0.3) is 0 Å². The lowest BCUT2D eigenvalue weighted by molar-refractivity contribution is -0.138. The molecule has 0 unspecified atom stereocenters. The van der Waals surface area contributed by atoms with Gasteiger partial charge in [-0.1, -0.05) is 30.3 Å². The number of rotatable bonds is 4. The maximum Gasteiger partial charge on any atom is 0.293 e. The molecule has 2 rings (SSSR count). The summed E-state index contributed by atoms with van der Waals surface area (Å²) in [6.07, 6.45) is 2.85. The van der Waals surface area contributed by atoms with E-state index in [1.165, 1.54) is 5.56 Å². The van der Waals surface area contributed by atoms with Crippen LogP contribution < -0.4 is 5.84 Å². The zero-order chi connectivity index (χ0) is 17.3. The smallest absolute Gasteiger partial charge is 0.293 e. The highest BCUT2D eigenvalue weighted by atomic mass is 16.5. The number of aliphatic hydroxyl groups excluding tert-OH is 1. The van der Waals surface area contributed by atoms with Crippen molar-refractivity contribution in [1.82, 2.24) is 5.01 Å². The van der Waals surface area contributed by atoms with Gasteiger partial charge in [0.05, 0.1) is 6.10 Å². The molecule has 2 atom stereocenters. The van der Waals surface area contributed by atoms with E-state index >= 15 is 0 Å². The Hall–Kier alpha value is -1.43. The van der Waals surface area contributed by atoms with Gasteiger partial charge in [-0.2, -0.15) is 0 Å². The van der Waals surface area contributed by atoms with E-state index in [1.807, 2.05) is 26.8 Å². The van der Waals surface area contributed by atoms with Gasteiger partial charge in [0, 0.05) is 13.1 Å². The molecule has 23 heavy (non-hydrogen) atoms. The number of piperidine rings is 1. The second-order valence-electron chi connectivity index (χ2n) is 6.96. The highest BCUT2D eigenvalue weighted by molar-refractivity contribution is 5.37. The lowest BCUT2D eigenvalue weighted by Crippen LogP contribution is -2.47. The number of benzene rings is 1. The van der Waals surface area contributed by atoms with E-state index in [0.717, 1.165) is 25.8 Å². The summed E-state index contributed by atoms with van der Waals surface area (Å²) in [6.45, 7) is 7.43. The van der Waals surface area contributed by atoms with Crippen molar-refractivity contribution in [2.45, 2.75) is 51.7 Å². The minimum atomic E-state index is -0.318. The molecule has 0 spiro atoms. The fraction of sp³-hybridized carbons (Fsp3) is 0.611. The van der Waals surface area contributed by atoms with Gasteiger partial charge < -0.3 is 9.84 Å². The highest BCUT2D eigenvalue weighted by Gasteiger charge is 2.25. The number of aryl methyl sites for hydroxylation is 1. The van der Waals surface area contributed by atoms with Crippen LogP contribution in [-0.4, -0.2) is 41.4 Å². The fourth-order valence-corrected chi connectivity index (χ4v) is 2.48. The van der Waals surface area contributed by atoms with Crippen molar-refractivity contribution in [3.05, 3.63) is 35.9 Å². The molecule has 1 fully saturated rings. The van der Waals surface area contributed by atoms with Crippen LogP contribution in [0.2, 0.25) is 0 Å². The van der Waals surface area contributed by atoms with Gasteiger partial charge in [-0.3, -0.25) is 10.6 Å². The molecule has 1 saturated heterocycles. The predicted molar refractivity (Wildman–Crippen MR) is 91.5 cm³/mol. The molecule has 0 amide bonds. The summed E-state index contributed by atoms with van der Waals surface area (Å²) in [5, 5.41) is 11.6. The van der Waals surface area contributed by atoms with Crippen LogP contribution >= 0.6 is 0 Å². The molecule has 1 aliphatic heterocycles. The van der Waals surface area contributed by atoms with E-state index in [0.29, 0.717) is 18.9 Å². The molecule has 0 bridgehead atoms. The van der Waals surface area contributed by atoms with E-state index < -0.39 is 0 Å². The quantitative estimate of drug-likeness (QED) is 0.656. The first-order valence-electron chi connectivity index (χ1n) is 8.15. The molecule has 130 valence electrons. The lowest BCUT2D eigenvalue weighted by atomic mass is 9.89. The molecule has 0 aromatic heterocycles. The number of carbonyl (C=O) groups excluding carboxylic acids is 1. The van der Waals surface area contributed by atoms with Crippen LogP contribution in [0, 0.1) is 5.92 Å². The van der Waals surface area contributed by atoms with Gasteiger partial charge in [0.1, 0.15) is 5.60 Å². The maximum atomic E-state index is 9.90. The molecular weight excluding hydrogens is 292 g/mol. The maximum absolute atomic E-state index is 9.90. The zero-order valence-electron chi connectivity index (χ0n) is 14.4. The minimum Gasteiger partial charge on any atom is -0.462 e. The minimum absolute atomic E-state index is 0.262. The molecule has 1 heterocycles. The third-order valence-electron chi connectivity index (χ3n) is 3.80. The first kappa shape index (κ1) is 19.6. The summed E-state index contributed by atoms with van der Waals surface area (Å²) in [6, 6.07) is 10.4. The number of β-amino-alcohol motifs (C(OH)–C–C–N with tert-alkyl or cyclic N) is 1. The average Bonchev–Trinajstić information content (AvgIpc) is 2.47.